The first-order chi connectivity index (χ1) is 9.54. The van der Waals surface area contributed by atoms with E-state index >= 15 is 0 Å². The number of guanidine groups is 1. The van der Waals surface area contributed by atoms with Gasteiger partial charge in [0, 0.05) is 32.1 Å². The van der Waals surface area contributed by atoms with Gasteiger partial charge in [-0.25, -0.2) is 0 Å². The minimum Gasteiger partial charge on any atom is -0.393 e. The Labute approximate surface area is 121 Å². The maximum absolute atomic E-state index is 11.4. The molecule has 0 aromatic heterocycles. The number of aliphatic hydroxyl groups excluding tert-OH is 1. The summed E-state index contributed by atoms with van der Waals surface area (Å²) in [6.07, 6.45) is 1.39. The summed E-state index contributed by atoms with van der Waals surface area (Å²) < 4.78 is 0. The lowest BCUT2D eigenvalue weighted by molar-refractivity contribution is -0.123. The number of piperidine rings is 1. The predicted molar refractivity (Wildman–Crippen MR) is 80.6 cm³/mol. The number of aliphatic hydroxyl groups is 1. The van der Waals surface area contributed by atoms with Crippen LogP contribution in [0.4, 0.5) is 0 Å². The van der Waals surface area contributed by atoms with E-state index in [1.807, 2.05) is 20.8 Å². The maximum atomic E-state index is 11.4. The molecule has 0 atom stereocenters. The van der Waals surface area contributed by atoms with Crippen molar-refractivity contribution in [3.63, 3.8) is 0 Å². The van der Waals surface area contributed by atoms with Crippen LogP contribution in [0.25, 0.3) is 0 Å². The van der Waals surface area contributed by atoms with Crippen LogP contribution in [0.1, 0.15) is 33.6 Å². The molecule has 0 aromatic rings. The van der Waals surface area contributed by atoms with Gasteiger partial charge in [-0.15, -0.1) is 0 Å². The summed E-state index contributed by atoms with van der Waals surface area (Å²) in [5, 5.41) is 15.6. The monoisotopic (exact) mass is 284 g/mol. The Kier molecular flexibility index (Phi) is 7.36. The maximum Gasteiger partial charge on any atom is 0.222 e. The Balaban J connectivity index is 2.40. The fourth-order valence-corrected chi connectivity index (χ4v) is 2.05. The van der Waals surface area contributed by atoms with E-state index in [2.05, 4.69) is 20.5 Å². The lowest BCUT2D eigenvalue weighted by Gasteiger charge is -2.32. The molecule has 0 unspecified atom stereocenters. The van der Waals surface area contributed by atoms with Crippen LogP contribution < -0.4 is 10.6 Å². The second kappa shape index (κ2) is 8.79. The third kappa shape index (κ3) is 5.77. The molecule has 0 radical (unpaired) electrons. The number of amides is 1. The van der Waals surface area contributed by atoms with Crippen molar-refractivity contribution >= 4 is 11.9 Å². The molecule has 1 heterocycles. The van der Waals surface area contributed by atoms with Gasteiger partial charge in [-0.3, -0.25) is 9.79 Å². The van der Waals surface area contributed by atoms with Crippen LogP contribution in [-0.2, 0) is 4.79 Å². The minimum absolute atomic E-state index is 0.01000. The van der Waals surface area contributed by atoms with E-state index in [0.29, 0.717) is 13.1 Å². The number of aliphatic imine (C=N–C) groups is 1. The number of nitrogens with zero attached hydrogens (tertiary/aromatic N) is 2. The van der Waals surface area contributed by atoms with Crippen LogP contribution in [0.3, 0.4) is 0 Å². The van der Waals surface area contributed by atoms with Crippen molar-refractivity contribution in [2.24, 2.45) is 10.9 Å². The van der Waals surface area contributed by atoms with Crippen molar-refractivity contribution in [1.29, 1.82) is 0 Å². The number of carbonyl (C=O) groups is 1. The molecule has 1 aliphatic rings. The minimum atomic E-state index is -0.181. The second-order valence-corrected chi connectivity index (χ2v) is 5.40. The molecule has 1 rings (SSSR count). The summed E-state index contributed by atoms with van der Waals surface area (Å²) in [5.41, 5.74) is 0. The van der Waals surface area contributed by atoms with E-state index < -0.39 is 0 Å². The van der Waals surface area contributed by atoms with Crippen molar-refractivity contribution in [3.05, 3.63) is 0 Å². The largest absolute Gasteiger partial charge is 0.393 e. The van der Waals surface area contributed by atoms with E-state index in [0.717, 1.165) is 38.4 Å². The Morgan fingerprint density at radius 3 is 2.55 bits per heavy atom. The van der Waals surface area contributed by atoms with Gasteiger partial charge in [0.05, 0.1) is 12.6 Å². The molecule has 3 N–H and O–H groups in total. The standard InChI is InChI=1S/C14H28N4O2/c1-4-15-14(18-9-5-12(19)6-10-18)17-8-7-16-13(20)11(2)3/h11-12,19H,4-10H2,1-3H3,(H,15,17)(H,16,20). The molecular weight excluding hydrogens is 256 g/mol. The SMILES string of the molecule is CCNC(=NCCNC(=O)C(C)C)N1CCC(O)CC1. The van der Waals surface area contributed by atoms with Crippen LogP contribution in [0.5, 0.6) is 0 Å². The van der Waals surface area contributed by atoms with Gasteiger partial charge in [0.25, 0.3) is 0 Å². The van der Waals surface area contributed by atoms with Crippen molar-refractivity contribution < 1.29 is 9.90 Å². The van der Waals surface area contributed by atoms with Crippen LogP contribution in [0.15, 0.2) is 4.99 Å². The molecule has 0 aromatic carbocycles. The average Bonchev–Trinajstić information content (AvgIpc) is 2.43. The van der Waals surface area contributed by atoms with Crippen LogP contribution in [-0.4, -0.2) is 60.7 Å². The number of nitrogens with one attached hydrogen (secondary N) is 2. The molecule has 1 aliphatic heterocycles. The number of likely N-dealkylation sites (tertiary alicyclic amines) is 1. The average molecular weight is 284 g/mol. The third-order valence-corrected chi connectivity index (χ3v) is 3.30. The molecule has 0 bridgehead atoms. The van der Waals surface area contributed by atoms with Crippen LogP contribution in [0, 0.1) is 5.92 Å². The highest BCUT2D eigenvalue weighted by Gasteiger charge is 2.19. The van der Waals surface area contributed by atoms with Gasteiger partial charge < -0.3 is 20.6 Å². The van der Waals surface area contributed by atoms with E-state index in [1.54, 1.807) is 0 Å². The summed E-state index contributed by atoms with van der Waals surface area (Å²) in [6, 6.07) is 0. The van der Waals surface area contributed by atoms with Gasteiger partial charge in [-0.1, -0.05) is 13.8 Å². The fraction of sp³-hybridized carbons (Fsp3) is 0.857. The molecule has 0 spiro atoms. The smallest absolute Gasteiger partial charge is 0.222 e. The summed E-state index contributed by atoms with van der Waals surface area (Å²) in [6.45, 7) is 9.38. The third-order valence-electron chi connectivity index (χ3n) is 3.30. The number of carbonyl (C=O) groups excluding carboxylic acids is 1. The second-order valence-electron chi connectivity index (χ2n) is 5.40. The van der Waals surface area contributed by atoms with Gasteiger partial charge >= 0.3 is 0 Å². The first-order valence-electron chi connectivity index (χ1n) is 7.53. The Morgan fingerprint density at radius 1 is 1.35 bits per heavy atom. The molecule has 1 saturated heterocycles. The van der Waals surface area contributed by atoms with Crippen molar-refractivity contribution in [3.8, 4) is 0 Å². The van der Waals surface area contributed by atoms with Crippen LogP contribution >= 0.6 is 0 Å². The highest BCUT2D eigenvalue weighted by atomic mass is 16.3. The van der Waals surface area contributed by atoms with E-state index in [-0.39, 0.29) is 17.9 Å². The molecule has 1 amide bonds. The van der Waals surface area contributed by atoms with E-state index in [1.165, 1.54) is 0 Å². The molecule has 20 heavy (non-hydrogen) atoms. The highest BCUT2D eigenvalue weighted by Crippen LogP contribution is 2.09. The normalized spacial score (nSPS) is 17.4. The number of hydrogen-bond donors (Lipinski definition) is 3. The fourth-order valence-electron chi connectivity index (χ4n) is 2.05. The zero-order valence-corrected chi connectivity index (χ0v) is 12.9. The Bertz CT molecular complexity index is 323. The van der Waals surface area contributed by atoms with Crippen molar-refractivity contribution in [2.75, 3.05) is 32.7 Å². The van der Waals surface area contributed by atoms with Gasteiger partial charge in [-0.2, -0.15) is 0 Å². The van der Waals surface area contributed by atoms with Gasteiger partial charge in [0.1, 0.15) is 0 Å². The van der Waals surface area contributed by atoms with E-state index in [4.69, 9.17) is 0 Å². The molecule has 1 fully saturated rings. The molecular formula is C14H28N4O2. The molecule has 6 heteroatoms. The Morgan fingerprint density at radius 2 is 2.00 bits per heavy atom. The molecule has 0 aliphatic carbocycles. The van der Waals surface area contributed by atoms with Gasteiger partial charge in [0.15, 0.2) is 5.96 Å². The predicted octanol–water partition coefficient (Wildman–Crippen LogP) is 0.181. The summed E-state index contributed by atoms with van der Waals surface area (Å²) >= 11 is 0. The summed E-state index contributed by atoms with van der Waals surface area (Å²) in [5.74, 6) is 0.945. The zero-order valence-electron chi connectivity index (χ0n) is 12.9. The first kappa shape index (κ1) is 16.8. The topological polar surface area (TPSA) is 77.0 Å². The zero-order chi connectivity index (χ0) is 15.0. The highest BCUT2D eigenvalue weighted by molar-refractivity contribution is 5.80. The van der Waals surface area contributed by atoms with Crippen LogP contribution in [0.2, 0.25) is 0 Å². The quantitative estimate of drug-likeness (QED) is 0.382. The summed E-state index contributed by atoms with van der Waals surface area (Å²) in [7, 11) is 0. The number of hydrogen-bond acceptors (Lipinski definition) is 3. The lowest BCUT2D eigenvalue weighted by Crippen LogP contribution is -2.46. The number of rotatable bonds is 5. The lowest BCUT2D eigenvalue weighted by atomic mass is 10.1. The molecule has 116 valence electrons. The summed E-state index contributed by atoms with van der Waals surface area (Å²) in [4.78, 5) is 18.1. The van der Waals surface area contributed by atoms with E-state index in [9.17, 15) is 9.90 Å². The molecule has 6 nitrogen and oxygen atoms in total. The van der Waals surface area contributed by atoms with Crippen molar-refractivity contribution in [1.82, 2.24) is 15.5 Å². The molecule has 0 saturated carbocycles. The van der Waals surface area contributed by atoms with Gasteiger partial charge in [-0.05, 0) is 19.8 Å². The van der Waals surface area contributed by atoms with Gasteiger partial charge in [0.2, 0.25) is 5.91 Å². The first-order valence-corrected chi connectivity index (χ1v) is 7.53. The Hall–Kier alpha value is -1.30. The van der Waals surface area contributed by atoms with Crippen molar-refractivity contribution in [2.45, 2.75) is 39.7 Å².